The minimum atomic E-state index is -2.73. The summed E-state index contributed by atoms with van der Waals surface area (Å²) in [6, 6.07) is 0. The van der Waals surface area contributed by atoms with Crippen LogP contribution in [0, 0.1) is 0 Å². The second-order valence-electron chi connectivity index (χ2n) is 2.22. The van der Waals surface area contributed by atoms with E-state index in [4.69, 9.17) is 10.8 Å². The Labute approximate surface area is 59.0 Å². The summed E-state index contributed by atoms with van der Waals surface area (Å²) in [6.45, 7) is -0.182. The molecule has 0 aliphatic rings. The lowest BCUT2D eigenvalue weighted by Gasteiger charge is -2.13. The molecule has 0 spiro atoms. The van der Waals surface area contributed by atoms with Crippen molar-refractivity contribution in [1.29, 1.82) is 0 Å². The molecule has 0 unspecified atom stereocenters. The van der Waals surface area contributed by atoms with Gasteiger partial charge in [0.05, 0.1) is 0 Å². The molecular weight excluding hydrogens is 140 g/mol. The summed E-state index contributed by atoms with van der Waals surface area (Å²) in [6.07, 6.45) is -0.357. The van der Waals surface area contributed by atoms with Crippen LogP contribution in [0.3, 0.4) is 0 Å². The fraction of sp³-hybridized carbons (Fsp3) is 1.00. The van der Waals surface area contributed by atoms with Gasteiger partial charge >= 0.3 is 0 Å². The van der Waals surface area contributed by atoms with E-state index in [-0.39, 0.29) is 13.0 Å². The van der Waals surface area contributed by atoms with Gasteiger partial charge in [-0.05, 0) is 13.0 Å². The number of nitrogens with two attached hydrogens (primary N) is 1. The summed E-state index contributed by atoms with van der Waals surface area (Å²) in [5.41, 5.74) is 5.04. The molecule has 10 heavy (non-hydrogen) atoms. The maximum atomic E-state index is 12.4. The van der Waals surface area contributed by atoms with Crippen LogP contribution >= 0.6 is 0 Å². The van der Waals surface area contributed by atoms with Gasteiger partial charge in [0.2, 0.25) is 5.92 Å². The molecule has 0 aromatic heterocycles. The second kappa shape index (κ2) is 4.57. The van der Waals surface area contributed by atoms with Gasteiger partial charge in [0.25, 0.3) is 0 Å². The molecule has 0 saturated carbocycles. The molecule has 0 radical (unpaired) electrons. The Kier molecular flexibility index (Phi) is 4.47. The van der Waals surface area contributed by atoms with Gasteiger partial charge in [-0.3, -0.25) is 0 Å². The molecule has 2 nitrogen and oxygen atoms in total. The van der Waals surface area contributed by atoms with Crippen LogP contribution in [0.4, 0.5) is 8.78 Å². The first-order valence-corrected chi connectivity index (χ1v) is 3.31. The average molecular weight is 153 g/mol. The van der Waals surface area contributed by atoms with Crippen LogP contribution in [-0.2, 0) is 0 Å². The van der Waals surface area contributed by atoms with Crippen LogP contribution in [0.15, 0.2) is 0 Å². The molecule has 0 rings (SSSR count). The van der Waals surface area contributed by atoms with E-state index in [1.165, 1.54) is 0 Å². The average Bonchev–Trinajstić information content (AvgIpc) is 1.84. The number of rotatable bonds is 5. The molecule has 0 bridgehead atoms. The van der Waals surface area contributed by atoms with E-state index in [0.29, 0.717) is 6.42 Å². The predicted molar refractivity (Wildman–Crippen MR) is 34.9 cm³/mol. The lowest BCUT2D eigenvalue weighted by Crippen LogP contribution is -2.19. The molecule has 0 atom stereocenters. The van der Waals surface area contributed by atoms with E-state index >= 15 is 0 Å². The maximum absolute atomic E-state index is 12.4. The van der Waals surface area contributed by atoms with E-state index in [0.717, 1.165) is 0 Å². The zero-order valence-electron chi connectivity index (χ0n) is 5.82. The third-order valence-corrected chi connectivity index (χ3v) is 1.22. The zero-order valence-corrected chi connectivity index (χ0v) is 5.82. The molecule has 0 aliphatic heterocycles. The van der Waals surface area contributed by atoms with Crippen LogP contribution in [0.5, 0.6) is 0 Å². The van der Waals surface area contributed by atoms with Gasteiger partial charge in [-0.1, -0.05) is 0 Å². The molecule has 0 heterocycles. The molecule has 62 valence electrons. The lowest BCUT2D eigenvalue weighted by atomic mass is 10.1. The molecule has 0 saturated heterocycles. The Morgan fingerprint density at radius 3 is 2.30 bits per heavy atom. The van der Waals surface area contributed by atoms with Gasteiger partial charge in [0, 0.05) is 19.4 Å². The van der Waals surface area contributed by atoms with Crippen LogP contribution in [0.1, 0.15) is 19.3 Å². The summed E-state index contributed by atoms with van der Waals surface area (Å²) < 4.78 is 24.8. The molecule has 0 aliphatic carbocycles. The summed E-state index contributed by atoms with van der Waals surface area (Å²) in [7, 11) is 0. The Balaban J connectivity index is 3.42. The highest BCUT2D eigenvalue weighted by molar-refractivity contribution is 4.65. The fourth-order valence-corrected chi connectivity index (χ4v) is 0.649. The topological polar surface area (TPSA) is 46.2 Å². The minimum absolute atomic E-state index is 0.218. The normalized spacial score (nSPS) is 12.0. The van der Waals surface area contributed by atoms with Crippen molar-refractivity contribution in [2.45, 2.75) is 25.2 Å². The van der Waals surface area contributed by atoms with Crippen molar-refractivity contribution in [3.8, 4) is 0 Å². The lowest BCUT2D eigenvalue weighted by molar-refractivity contribution is -0.0298. The third kappa shape index (κ3) is 4.64. The first-order valence-electron chi connectivity index (χ1n) is 3.31. The molecule has 0 fully saturated rings. The summed E-state index contributed by atoms with van der Waals surface area (Å²) >= 11 is 0. The zero-order chi connectivity index (χ0) is 8.04. The number of aliphatic hydroxyl groups is 1. The Bertz CT molecular complexity index is 87.8. The number of halogens is 2. The van der Waals surface area contributed by atoms with Crippen molar-refractivity contribution in [2.75, 3.05) is 13.2 Å². The van der Waals surface area contributed by atoms with Crippen molar-refractivity contribution < 1.29 is 13.9 Å². The van der Waals surface area contributed by atoms with Crippen LogP contribution in [-0.4, -0.2) is 24.2 Å². The van der Waals surface area contributed by atoms with Gasteiger partial charge in [-0.2, -0.15) is 0 Å². The fourth-order valence-electron chi connectivity index (χ4n) is 0.649. The number of aliphatic hydroxyl groups excluding tert-OH is 1. The number of hydrogen-bond donors (Lipinski definition) is 2. The van der Waals surface area contributed by atoms with Crippen molar-refractivity contribution in [3.63, 3.8) is 0 Å². The predicted octanol–water partition coefficient (Wildman–Crippen LogP) is 0.743. The molecule has 0 amide bonds. The van der Waals surface area contributed by atoms with Crippen LogP contribution < -0.4 is 5.73 Å². The van der Waals surface area contributed by atoms with Gasteiger partial charge < -0.3 is 10.8 Å². The summed E-state index contributed by atoms with van der Waals surface area (Å²) in [4.78, 5) is 0. The Hall–Kier alpha value is -0.220. The van der Waals surface area contributed by atoms with Crippen LogP contribution in [0.25, 0.3) is 0 Å². The smallest absolute Gasteiger partial charge is 0.250 e. The first kappa shape index (κ1) is 9.78. The van der Waals surface area contributed by atoms with E-state index in [1.807, 2.05) is 0 Å². The SMILES string of the molecule is NCCCC(F)(F)CCO. The molecule has 3 N–H and O–H groups in total. The standard InChI is InChI=1S/C6H13F2NO/c7-6(8,3-5-10)2-1-4-9/h10H,1-5,9H2. The van der Waals surface area contributed by atoms with Gasteiger partial charge in [0.15, 0.2) is 0 Å². The Morgan fingerprint density at radius 1 is 1.30 bits per heavy atom. The highest BCUT2D eigenvalue weighted by atomic mass is 19.3. The molecule has 4 heteroatoms. The first-order chi connectivity index (χ1) is 4.62. The second-order valence-corrected chi connectivity index (χ2v) is 2.22. The van der Waals surface area contributed by atoms with E-state index in [2.05, 4.69) is 0 Å². The van der Waals surface area contributed by atoms with Crippen molar-refractivity contribution in [2.24, 2.45) is 5.73 Å². The van der Waals surface area contributed by atoms with Gasteiger partial charge in [0.1, 0.15) is 0 Å². The van der Waals surface area contributed by atoms with E-state index in [1.54, 1.807) is 0 Å². The highest BCUT2D eigenvalue weighted by Gasteiger charge is 2.26. The molecule has 0 aromatic carbocycles. The monoisotopic (exact) mass is 153 g/mol. The van der Waals surface area contributed by atoms with Gasteiger partial charge in [-0.15, -0.1) is 0 Å². The largest absolute Gasteiger partial charge is 0.396 e. The number of hydrogen-bond acceptors (Lipinski definition) is 2. The van der Waals surface area contributed by atoms with Crippen molar-refractivity contribution in [1.82, 2.24) is 0 Å². The maximum Gasteiger partial charge on any atom is 0.250 e. The van der Waals surface area contributed by atoms with Crippen molar-refractivity contribution in [3.05, 3.63) is 0 Å². The molecule has 0 aromatic rings. The van der Waals surface area contributed by atoms with Crippen molar-refractivity contribution >= 4 is 0 Å². The van der Waals surface area contributed by atoms with Crippen LogP contribution in [0.2, 0.25) is 0 Å². The van der Waals surface area contributed by atoms with E-state index in [9.17, 15) is 8.78 Å². The minimum Gasteiger partial charge on any atom is -0.396 e. The quantitative estimate of drug-likeness (QED) is 0.612. The third-order valence-electron chi connectivity index (χ3n) is 1.22. The number of alkyl halides is 2. The summed E-state index contributed by atoms with van der Waals surface area (Å²) in [5, 5.41) is 8.19. The van der Waals surface area contributed by atoms with E-state index < -0.39 is 19.0 Å². The summed E-state index contributed by atoms with van der Waals surface area (Å²) in [5.74, 6) is -2.73. The van der Waals surface area contributed by atoms with Gasteiger partial charge in [-0.25, -0.2) is 8.78 Å². The Morgan fingerprint density at radius 2 is 1.90 bits per heavy atom. The molecular formula is C6H13F2NO. The highest BCUT2D eigenvalue weighted by Crippen LogP contribution is 2.23.